The van der Waals surface area contributed by atoms with Crippen molar-refractivity contribution in [1.82, 2.24) is 0 Å². The molecule has 0 fully saturated rings. The maximum absolute atomic E-state index is 9.68. The molecule has 0 saturated carbocycles. The highest BCUT2D eigenvalue weighted by Gasteiger charge is 2.31. The van der Waals surface area contributed by atoms with Crippen LogP contribution >= 0.6 is 0 Å². The fraction of sp³-hybridized carbons (Fsp3) is 0.250. The van der Waals surface area contributed by atoms with Gasteiger partial charge in [0, 0.05) is 11.6 Å². The number of allylic oxidation sites excluding steroid dienone is 1. The molecule has 2 aromatic rings. The van der Waals surface area contributed by atoms with Crippen molar-refractivity contribution in [3.05, 3.63) is 70.6 Å². The van der Waals surface area contributed by atoms with Crippen LogP contribution in [0.4, 0.5) is 0 Å². The first-order chi connectivity index (χ1) is 11.3. The zero-order valence-corrected chi connectivity index (χ0v) is 14.0. The minimum Gasteiger partial charge on any atom is -0.508 e. The molecule has 4 heteroatoms. The van der Waals surface area contributed by atoms with Gasteiger partial charge in [0.2, 0.25) is 5.88 Å². The molecular weight excluding hydrogens is 300 g/mol. The second-order valence-corrected chi connectivity index (χ2v) is 7.02. The third-order valence-electron chi connectivity index (χ3n) is 4.31. The Kier molecular flexibility index (Phi) is 3.73. The zero-order valence-electron chi connectivity index (χ0n) is 14.0. The molecule has 3 N–H and O–H groups in total. The summed E-state index contributed by atoms with van der Waals surface area (Å²) < 4.78 is 5.52. The molecule has 3 rings (SSSR count). The van der Waals surface area contributed by atoms with Crippen LogP contribution in [0.25, 0.3) is 0 Å². The number of ether oxygens (including phenoxy) is 1. The van der Waals surface area contributed by atoms with E-state index in [-0.39, 0.29) is 23.0 Å². The van der Waals surface area contributed by atoms with Crippen LogP contribution in [0.2, 0.25) is 0 Å². The number of hydrogen-bond donors (Lipinski definition) is 2. The van der Waals surface area contributed by atoms with Crippen molar-refractivity contribution in [3.8, 4) is 17.6 Å². The van der Waals surface area contributed by atoms with E-state index < -0.39 is 0 Å². The van der Waals surface area contributed by atoms with Crippen LogP contribution in [0.5, 0.6) is 11.5 Å². The van der Waals surface area contributed by atoms with Gasteiger partial charge in [0.15, 0.2) is 0 Å². The van der Waals surface area contributed by atoms with Crippen LogP contribution in [0.3, 0.4) is 0 Å². The highest BCUT2D eigenvalue weighted by Crippen LogP contribution is 2.43. The second kappa shape index (κ2) is 5.61. The third kappa shape index (κ3) is 2.69. The third-order valence-corrected chi connectivity index (χ3v) is 4.31. The van der Waals surface area contributed by atoms with E-state index in [9.17, 15) is 10.4 Å². The van der Waals surface area contributed by atoms with Gasteiger partial charge >= 0.3 is 0 Å². The maximum Gasteiger partial charge on any atom is 0.205 e. The topological polar surface area (TPSA) is 79.3 Å². The Morgan fingerprint density at radius 2 is 1.79 bits per heavy atom. The van der Waals surface area contributed by atoms with Gasteiger partial charge in [-0.1, -0.05) is 51.1 Å². The predicted octanol–water partition coefficient (Wildman–Crippen LogP) is 3.91. The van der Waals surface area contributed by atoms with Crippen molar-refractivity contribution in [1.29, 1.82) is 5.26 Å². The monoisotopic (exact) mass is 320 g/mol. The number of phenols is 1. The van der Waals surface area contributed by atoms with Crippen LogP contribution in [-0.2, 0) is 5.41 Å². The Hall–Kier alpha value is -2.93. The number of fused-ring (bicyclic) bond motifs is 1. The molecule has 1 aliphatic heterocycles. The minimum atomic E-state index is -0.298. The van der Waals surface area contributed by atoms with Gasteiger partial charge in [0.1, 0.15) is 23.1 Å². The molecule has 0 spiro atoms. The molecule has 0 bridgehead atoms. The van der Waals surface area contributed by atoms with E-state index in [2.05, 4.69) is 39.0 Å². The number of benzene rings is 2. The van der Waals surface area contributed by atoms with E-state index in [0.29, 0.717) is 11.3 Å². The highest BCUT2D eigenvalue weighted by atomic mass is 16.5. The minimum absolute atomic E-state index is 0.0603. The zero-order chi connectivity index (χ0) is 17.5. The summed E-state index contributed by atoms with van der Waals surface area (Å²) in [4.78, 5) is 0. The normalized spacial score (nSPS) is 17.0. The van der Waals surface area contributed by atoms with Gasteiger partial charge in [0.05, 0.1) is 5.92 Å². The summed E-state index contributed by atoms with van der Waals surface area (Å²) in [5, 5.41) is 19.2. The van der Waals surface area contributed by atoms with Crippen LogP contribution in [0, 0.1) is 11.3 Å². The van der Waals surface area contributed by atoms with Crippen LogP contribution in [0.1, 0.15) is 43.4 Å². The van der Waals surface area contributed by atoms with Crippen molar-refractivity contribution in [3.63, 3.8) is 0 Å². The van der Waals surface area contributed by atoms with Gasteiger partial charge in [-0.15, -0.1) is 0 Å². The first-order valence-electron chi connectivity index (χ1n) is 7.82. The summed E-state index contributed by atoms with van der Waals surface area (Å²) in [5.74, 6) is 0.369. The molecule has 0 aliphatic carbocycles. The van der Waals surface area contributed by atoms with E-state index >= 15 is 0 Å². The highest BCUT2D eigenvalue weighted by molar-refractivity contribution is 5.57. The second-order valence-electron chi connectivity index (χ2n) is 7.02. The summed E-state index contributed by atoms with van der Waals surface area (Å²) in [5.41, 5.74) is 9.39. The predicted molar refractivity (Wildman–Crippen MR) is 92.5 cm³/mol. The van der Waals surface area contributed by atoms with Gasteiger partial charge in [-0.3, -0.25) is 0 Å². The quantitative estimate of drug-likeness (QED) is 0.835. The SMILES string of the molecule is CC(C)(C)c1ccc([C@H]2C(C#N)=C(N)Oc3cc(O)ccc32)cc1. The van der Waals surface area contributed by atoms with Crippen molar-refractivity contribution < 1.29 is 9.84 Å². The number of nitriles is 1. The Bertz CT molecular complexity index is 853. The van der Waals surface area contributed by atoms with Crippen LogP contribution in [-0.4, -0.2) is 5.11 Å². The molecule has 0 aromatic heterocycles. The molecule has 2 aromatic carbocycles. The summed E-state index contributed by atoms with van der Waals surface area (Å²) in [6.45, 7) is 6.48. The molecule has 24 heavy (non-hydrogen) atoms. The first kappa shape index (κ1) is 15.9. The number of aromatic hydroxyl groups is 1. The number of hydrogen-bond acceptors (Lipinski definition) is 4. The number of nitrogens with two attached hydrogens (primary N) is 1. The maximum atomic E-state index is 9.68. The lowest BCUT2D eigenvalue weighted by Gasteiger charge is -2.27. The molecule has 1 atom stereocenters. The molecule has 0 radical (unpaired) electrons. The van der Waals surface area contributed by atoms with Gasteiger partial charge in [-0.25, -0.2) is 0 Å². The first-order valence-corrected chi connectivity index (χ1v) is 7.82. The van der Waals surface area contributed by atoms with E-state index in [4.69, 9.17) is 10.5 Å². The number of nitrogens with zero attached hydrogens (tertiary/aromatic N) is 1. The number of rotatable bonds is 1. The van der Waals surface area contributed by atoms with Crippen molar-refractivity contribution in [2.24, 2.45) is 5.73 Å². The van der Waals surface area contributed by atoms with Crippen molar-refractivity contribution in [2.75, 3.05) is 0 Å². The average Bonchev–Trinajstić information content (AvgIpc) is 2.52. The fourth-order valence-corrected chi connectivity index (χ4v) is 2.96. The summed E-state index contributed by atoms with van der Waals surface area (Å²) in [7, 11) is 0. The molecule has 0 saturated heterocycles. The van der Waals surface area contributed by atoms with E-state index in [1.807, 2.05) is 12.1 Å². The molecular formula is C20H20N2O2. The average molecular weight is 320 g/mol. The Morgan fingerprint density at radius 1 is 1.12 bits per heavy atom. The standard InChI is InChI=1S/C20H20N2O2/c1-20(2,3)13-6-4-12(5-7-13)18-15-9-8-14(23)10-17(15)24-19(22)16(18)11-21/h4-10,18,23H,22H2,1-3H3/t18-/m1/s1. The summed E-state index contributed by atoms with van der Waals surface area (Å²) in [6, 6.07) is 15.3. The molecule has 1 aliphatic rings. The van der Waals surface area contributed by atoms with E-state index in [1.54, 1.807) is 12.1 Å². The molecule has 0 unspecified atom stereocenters. The Morgan fingerprint density at radius 3 is 2.38 bits per heavy atom. The van der Waals surface area contributed by atoms with E-state index in [1.165, 1.54) is 11.6 Å². The van der Waals surface area contributed by atoms with Gasteiger partial charge in [0.25, 0.3) is 0 Å². The lowest BCUT2D eigenvalue weighted by atomic mass is 9.81. The van der Waals surface area contributed by atoms with Gasteiger partial charge in [-0.05, 0) is 22.6 Å². The summed E-state index contributed by atoms with van der Waals surface area (Å²) in [6.07, 6.45) is 0. The van der Waals surface area contributed by atoms with Gasteiger partial charge < -0.3 is 15.6 Å². The lowest BCUT2D eigenvalue weighted by molar-refractivity contribution is 0.388. The molecule has 4 nitrogen and oxygen atoms in total. The molecule has 1 heterocycles. The Balaban J connectivity index is 2.13. The molecule has 0 amide bonds. The van der Waals surface area contributed by atoms with Crippen LogP contribution < -0.4 is 10.5 Å². The van der Waals surface area contributed by atoms with Crippen molar-refractivity contribution >= 4 is 0 Å². The number of phenolic OH excluding ortho intramolecular Hbond substituents is 1. The van der Waals surface area contributed by atoms with Crippen LogP contribution in [0.15, 0.2) is 53.9 Å². The summed E-state index contributed by atoms with van der Waals surface area (Å²) >= 11 is 0. The largest absolute Gasteiger partial charge is 0.508 e. The smallest absolute Gasteiger partial charge is 0.205 e. The van der Waals surface area contributed by atoms with Gasteiger partial charge in [-0.2, -0.15) is 5.26 Å². The fourth-order valence-electron chi connectivity index (χ4n) is 2.96. The van der Waals surface area contributed by atoms with Crippen molar-refractivity contribution in [2.45, 2.75) is 32.1 Å². The van der Waals surface area contributed by atoms with E-state index in [0.717, 1.165) is 11.1 Å². The lowest BCUT2D eigenvalue weighted by Crippen LogP contribution is -2.21. The Labute approximate surface area is 141 Å². The molecule has 122 valence electrons.